The predicted molar refractivity (Wildman–Crippen MR) is 96.7 cm³/mol. The quantitative estimate of drug-likeness (QED) is 0.889. The van der Waals surface area contributed by atoms with Crippen LogP contribution in [0.5, 0.6) is 0 Å². The van der Waals surface area contributed by atoms with Gasteiger partial charge in [-0.15, -0.1) is 0 Å². The Bertz CT molecular complexity index is 764. The number of hydrogen-bond acceptors (Lipinski definition) is 4. The fraction of sp³-hybridized carbons (Fsp3) is 0.500. The van der Waals surface area contributed by atoms with Crippen molar-refractivity contribution in [2.45, 2.75) is 33.1 Å². The molecule has 0 aromatic carbocycles. The van der Waals surface area contributed by atoms with Gasteiger partial charge in [0.1, 0.15) is 0 Å². The molecular weight excluding hydrogens is 318 g/mol. The van der Waals surface area contributed by atoms with Crippen LogP contribution in [0.15, 0.2) is 24.5 Å². The first kappa shape index (κ1) is 17.4. The highest BCUT2D eigenvalue weighted by atomic mass is 16.2. The van der Waals surface area contributed by atoms with Crippen molar-refractivity contribution in [2.24, 2.45) is 5.92 Å². The van der Waals surface area contributed by atoms with Crippen LogP contribution in [0.3, 0.4) is 0 Å². The zero-order valence-corrected chi connectivity index (χ0v) is 14.8. The number of aromatic nitrogens is 2. The molecule has 0 spiro atoms. The summed E-state index contributed by atoms with van der Waals surface area (Å²) in [5, 5.41) is 10.1. The molecule has 7 nitrogen and oxygen atoms in total. The Hall–Kier alpha value is -2.41. The molecule has 3 amide bonds. The van der Waals surface area contributed by atoms with Gasteiger partial charge in [-0.3, -0.25) is 15.0 Å². The molecule has 7 heteroatoms. The molecule has 1 saturated heterocycles. The number of fused-ring (bicyclic) bond motifs is 1. The Morgan fingerprint density at radius 3 is 2.84 bits per heavy atom. The highest BCUT2D eigenvalue weighted by Gasteiger charge is 2.20. The van der Waals surface area contributed by atoms with Crippen molar-refractivity contribution in [1.82, 2.24) is 20.2 Å². The van der Waals surface area contributed by atoms with Crippen LogP contribution >= 0.6 is 0 Å². The largest absolute Gasteiger partial charge is 0.328 e. The summed E-state index contributed by atoms with van der Waals surface area (Å²) in [6, 6.07) is 3.78. The highest BCUT2D eigenvalue weighted by molar-refractivity contribution is 6.04. The Kier molecular flexibility index (Phi) is 5.33. The summed E-state index contributed by atoms with van der Waals surface area (Å²) in [5.74, 6) is 0.324. The second-order valence-corrected chi connectivity index (χ2v) is 6.52. The number of piperidine rings is 1. The summed E-state index contributed by atoms with van der Waals surface area (Å²) in [4.78, 5) is 25.0. The summed E-state index contributed by atoms with van der Waals surface area (Å²) in [6.45, 7) is 5.83. The number of imide groups is 1. The van der Waals surface area contributed by atoms with E-state index in [1.165, 1.54) is 30.2 Å². The van der Waals surface area contributed by atoms with Gasteiger partial charge in [-0.1, -0.05) is 0 Å². The molecule has 0 radical (unpaired) electrons. The fourth-order valence-electron chi connectivity index (χ4n) is 3.41. The van der Waals surface area contributed by atoms with Gasteiger partial charge in [-0.25, -0.2) is 9.31 Å². The zero-order valence-electron chi connectivity index (χ0n) is 14.8. The monoisotopic (exact) mass is 343 g/mol. The summed E-state index contributed by atoms with van der Waals surface area (Å²) < 4.78 is 1.77. The maximum atomic E-state index is 12.3. The number of nitrogens with zero attached hydrogens (tertiary/aromatic N) is 3. The number of pyridine rings is 1. The molecule has 2 aromatic heterocycles. The van der Waals surface area contributed by atoms with E-state index in [1.807, 2.05) is 13.1 Å². The Morgan fingerprint density at radius 2 is 2.16 bits per heavy atom. The molecule has 1 aliphatic heterocycles. The average molecular weight is 343 g/mol. The Morgan fingerprint density at radius 1 is 1.40 bits per heavy atom. The third-order valence-corrected chi connectivity index (χ3v) is 4.68. The first-order valence-corrected chi connectivity index (χ1v) is 8.84. The molecule has 134 valence electrons. The molecule has 3 rings (SSSR count). The van der Waals surface area contributed by atoms with Gasteiger partial charge in [-0.2, -0.15) is 5.10 Å². The van der Waals surface area contributed by atoms with Gasteiger partial charge in [-0.05, 0) is 62.9 Å². The smallest absolute Gasteiger partial charge is 0.317 e. The topological polar surface area (TPSA) is 78.7 Å². The number of anilines is 1. The number of carbonyl (C=O) groups excluding carboxylic acids is 2. The zero-order chi connectivity index (χ0) is 17.8. The van der Waals surface area contributed by atoms with Gasteiger partial charge in [0.25, 0.3) is 0 Å². The van der Waals surface area contributed by atoms with Crippen LogP contribution in [0.4, 0.5) is 10.5 Å². The summed E-state index contributed by atoms with van der Waals surface area (Å²) in [7, 11) is 0. The van der Waals surface area contributed by atoms with Crippen molar-refractivity contribution in [1.29, 1.82) is 0 Å². The van der Waals surface area contributed by atoms with E-state index in [4.69, 9.17) is 0 Å². The average Bonchev–Trinajstić information content (AvgIpc) is 2.99. The normalized spacial score (nSPS) is 15.3. The first-order chi connectivity index (χ1) is 12.1. The number of nitrogens with one attached hydrogen (secondary N) is 2. The van der Waals surface area contributed by atoms with Crippen molar-refractivity contribution in [3.63, 3.8) is 0 Å². The van der Waals surface area contributed by atoms with E-state index in [9.17, 15) is 9.59 Å². The van der Waals surface area contributed by atoms with Gasteiger partial charge >= 0.3 is 6.03 Å². The lowest BCUT2D eigenvalue weighted by Gasteiger charge is -2.23. The summed E-state index contributed by atoms with van der Waals surface area (Å²) in [5.41, 5.74) is 2.85. The standard InChI is InChI=1S/C18H25N5O2/c1-3-22(18(25)21-13(2)24)17-12-20-23-9-6-15(11-16(17)23)10-14-4-7-19-8-5-14/h6,9,11-12,14,19H,3-5,7-8,10H2,1-2H3,(H,21,24,25). The second kappa shape index (κ2) is 7.65. The molecule has 1 fully saturated rings. The lowest BCUT2D eigenvalue weighted by Crippen LogP contribution is -2.42. The van der Waals surface area contributed by atoms with E-state index in [0.717, 1.165) is 25.0 Å². The summed E-state index contributed by atoms with van der Waals surface area (Å²) in [6.07, 6.45) is 7.03. The molecule has 2 aromatic rings. The molecule has 25 heavy (non-hydrogen) atoms. The maximum Gasteiger partial charge on any atom is 0.328 e. The number of amides is 3. The van der Waals surface area contributed by atoms with Crippen molar-refractivity contribution in [2.75, 3.05) is 24.5 Å². The van der Waals surface area contributed by atoms with Gasteiger partial charge in [0, 0.05) is 19.7 Å². The minimum atomic E-state index is -0.423. The van der Waals surface area contributed by atoms with Gasteiger partial charge in [0.15, 0.2) is 0 Å². The summed E-state index contributed by atoms with van der Waals surface area (Å²) >= 11 is 0. The van der Waals surface area contributed by atoms with Crippen LogP contribution in [-0.4, -0.2) is 41.2 Å². The molecule has 2 N–H and O–H groups in total. The lowest BCUT2D eigenvalue weighted by atomic mass is 9.91. The SMILES string of the molecule is CCN(C(=O)NC(C)=O)c1cnn2ccc(CC3CCNCC3)cc12. The van der Waals surface area contributed by atoms with Gasteiger partial charge < -0.3 is 5.32 Å². The van der Waals surface area contributed by atoms with E-state index in [-0.39, 0.29) is 5.91 Å². The molecule has 0 unspecified atom stereocenters. The maximum absolute atomic E-state index is 12.3. The minimum Gasteiger partial charge on any atom is -0.317 e. The van der Waals surface area contributed by atoms with E-state index in [2.05, 4.69) is 27.9 Å². The van der Waals surface area contributed by atoms with Crippen LogP contribution in [-0.2, 0) is 11.2 Å². The minimum absolute atomic E-state index is 0.369. The molecule has 0 bridgehead atoms. The van der Waals surface area contributed by atoms with Gasteiger partial charge in [0.05, 0.1) is 17.4 Å². The van der Waals surface area contributed by atoms with E-state index in [1.54, 1.807) is 10.7 Å². The number of carbonyl (C=O) groups is 2. The molecule has 1 aliphatic rings. The van der Waals surface area contributed by atoms with Crippen LogP contribution < -0.4 is 15.5 Å². The molecule has 3 heterocycles. The molecule has 0 atom stereocenters. The lowest BCUT2D eigenvalue weighted by molar-refractivity contribution is -0.117. The third-order valence-electron chi connectivity index (χ3n) is 4.68. The molecule has 0 saturated carbocycles. The first-order valence-electron chi connectivity index (χ1n) is 8.84. The fourth-order valence-corrected chi connectivity index (χ4v) is 3.41. The second-order valence-electron chi connectivity index (χ2n) is 6.52. The highest BCUT2D eigenvalue weighted by Crippen LogP contribution is 2.25. The molecule has 0 aliphatic carbocycles. The molecular formula is C18H25N5O2. The van der Waals surface area contributed by atoms with Crippen LogP contribution in [0, 0.1) is 5.92 Å². The number of rotatable bonds is 4. The van der Waals surface area contributed by atoms with Crippen molar-refractivity contribution >= 4 is 23.1 Å². The Balaban J connectivity index is 1.86. The number of urea groups is 1. The van der Waals surface area contributed by atoms with Gasteiger partial charge in [0.2, 0.25) is 5.91 Å². The van der Waals surface area contributed by atoms with E-state index < -0.39 is 6.03 Å². The van der Waals surface area contributed by atoms with E-state index >= 15 is 0 Å². The van der Waals surface area contributed by atoms with E-state index in [0.29, 0.717) is 18.2 Å². The third kappa shape index (κ3) is 3.99. The van der Waals surface area contributed by atoms with Crippen molar-refractivity contribution < 1.29 is 9.59 Å². The van der Waals surface area contributed by atoms with Crippen molar-refractivity contribution in [3.05, 3.63) is 30.1 Å². The number of hydrogen-bond donors (Lipinski definition) is 2. The predicted octanol–water partition coefficient (Wildman–Crippen LogP) is 1.96. The Labute approximate surface area is 147 Å². The van der Waals surface area contributed by atoms with Crippen molar-refractivity contribution in [3.8, 4) is 0 Å². The van der Waals surface area contributed by atoms with Crippen LogP contribution in [0.1, 0.15) is 32.3 Å². The van der Waals surface area contributed by atoms with Crippen LogP contribution in [0.2, 0.25) is 0 Å². The van der Waals surface area contributed by atoms with Crippen LogP contribution in [0.25, 0.3) is 5.52 Å².